The highest BCUT2D eigenvalue weighted by Crippen LogP contribution is 2.33. The molecule has 3 rings (SSSR count). The van der Waals surface area contributed by atoms with Crippen LogP contribution in [0.2, 0.25) is 0 Å². The number of nitrogens with zero attached hydrogens (tertiary/aromatic N) is 2. The molecule has 1 saturated carbocycles. The maximum absolute atomic E-state index is 11.3. The minimum absolute atomic E-state index is 0.0168. The maximum atomic E-state index is 11.3. The van der Waals surface area contributed by atoms with Gasteiger partial charge >= 0.3 is 5.97 Å². The number of benzene rings is 1. The van der Waals surface area contributed by atoms with Crippen molar-refractivity contribution in [3.63, 3.8) is 0 Å². The Hall–Kier alpha value is -1.84. The lowest BCUT2D eigenvalue weighted by atomic mass is 9.87. The molecule has 1 N–H and O–H groups in total. The van der Waals surface area contributed by atoms with Crippen LogP contribution in [-0.2, 0) is 12.0 Å². The highest BCUT2D eigenvalue weighted by atomic mass is 16.4. The number of imidazole rings is 1. The van der Waals surface area contributed by atoms with Crippen LogP contribution < -0.4 is 0 Å². The molecule has 1 aromatic heterocycles. The summed E-state index contributed by atoms with van der Waals surface area (Å²) in [5.41, 5.74) is 2.17. The summed E-state index contributed by atoms with van der Waals surface area (Å²) in [6, 6.07) is 5.35. The minimum Gasteiger partial charge on any atom is -0.478 e. The molecule has 0 atom stereocenters. The zero-order chi connectivity index (χ0) is 17.3. The zero-order valence-corrected chi connectivity index (χ0v) is 15.0. The fourth-order valence-corrected chi connectivity index (χ4v) is 3.75. The molecule has 0 radical (unpaired) electrons. The molecule has 24 heavy (non-hydrogen) atoms. The lowest BCUT2D eigenvalue weighted by Gasteiger charge is -2.27. The standard InChI is InChI=1S/C20H28N2O2/c1-4-20(2,3)19-21-16-12-15(18(23)24)10-11-17(16)22(19)13-14-8-6-5-7-9-14/h10-12,14H,4-9,13H2,1-3H3,(H,23,24). The first-order valence-corrected chi connectivity index (χ1v) is 9.16. The van der Waals surface area contributed by atoms with Gasteiger partial charge in [-0.3, -0.25) is 0 Å². The fourth-order valence-electron chi connectivity index (χ4n) is 3.75. The largest absolute Gasteiger partial charge is 0.478 e. The lowest BCUT2D eigenvalue weighted by Crippen LogP contribution is -2.24. The van der Waals surface area contributed by atoms with E-state index < -0.39 is 5.97 Å². The Kier molecular flexibility index (Phi) is 4.66. The van der Waals surface area contributed by atoms with Crippen LogP contribution in [0.5, 0.6) is 0 Å². The summed E-state index contributed by atoms with van der Waals surface area (Å²) in [5.74, 6) is 0.907. The predicted octanol–water partition coefficient (Wildman–Crippen LogP) is 5.00. The van der Waals surface area contributed by atoms with E-state index in [2.05, 4.69) is 25.3 Å². The number of hydrogen-bond donors (Lipinski definition) is 1. The normalized spacial score (nSPS) is 16.6. The van der Waals surface area contributed by atoms with Gasteiger partial charge in [0.2, 0.25) is 0 Å². The van der Waals surface area contributed by atoms with Crippen molar-refractivity contribution < 1.29 is 9.90 Å². The van der Waals surface area contributed by atoms with Gasteiger partial charge in [-0.1, -0.05) is 40.0 Å². The van der Waals surface area contributed by atoms with Crippen LogP contribution in [0.25, 0.3) is 11.0 Å². The van der Waals surface area contributed by atoms with Gasteiger partial charge < -0.3 is 9.67 Å². The second kappa shape index (κ2) is 6.58. The number of aromatic nitrogens is 2. The van der Waals surface area contributed by atoms with E-state index in [1.165, 1.54) is 32.1 Å². The SMILES string of the molecule is CCC(C)(C)c1nc2cc(C(=O)O)ccc2n1CC1CCCCC1. The number of aromatic carboxylic acids is 1. The van der Waals surface area contributed by atoms with Gasteiger partial charge in [-0.25, -0.2) is 9.78 Å². The third kappa shape index (κ3) is 3.19. The first-order chi connectivity index (χ1) is 11.4. The fraction of sp³-hybridized carbons (Fsp3) is 0.600. The summed E-state index contributed by atoms with van der Waals surface area (Å²) >= 11 is 0. The van der Waals surface area contributed by atoms with E-state index >= 15 is 0 Å². The quantitative estimate of drug-likeness (QED) is 0.840. The highest BCUT2D eigenvalue weighted by Gasteiger charge is 2.27. The molecule has 0 amide bonds. The molecule has 0 aliphatic heterocycles. The molecular weight excluding hydrogens is 300 g/mol. The Morgan fingerprint density at radius 1 is 1.29 bits per heavy atom. The van der Waals surface area contributed by atoms with Crippen molar-refractivity contribution in [2.75, 3.05) is 0 Å². The topological polar surface area (TPSA) is 55.1 Å². The molecular formula is C20H28N2O2. The van der Waals surface area contributed by atoms with Crippen molar-refractivity contribution in [1.29, 1.82) is 0 Å². The number of hydrogen-bond acceptors (Lipinski definition) is 2. The van der Waals surface area contributed by atoms with Crippen LogP contribution in [0.1, 0.15) is 75.5 Å². The van der Waals surface area contributed by atoms with Crippen molar-refractivity contribution in [2.24, 2.45) is 5.92 Å². The molecule has 0 saturated heterocycles. The number of carboxylic acids is 1. The van der Waals surface area contributed by atoms with Crippen molar-refractivity contribution >= 4 is 17.0 Å². The smallest absolute Gasteiger partial charge is 0.335 e. The van der Waals surface area contributed by atoms with Crippen molar-refractivity contribution in [2.45, 2.75) is 71.3 Å². The molecule has 4 heteroatoms. The van der Waals surface area contributed by atoms with Gasteiger partial charge in [-0.2, -0.15) is 0 Å². The lowest BCUT2D eigenvalue weighted by molar-refractivity contribution is 0.0697. The highest BCUT2D eigenvalue weighted by molar-refractivity contribution is 5.92. The first kappa shape index (κ1) is 17.0. The van der Waals surface area contributed by atoms with Crippen molar-refractivity contribution in [3.8, 4) is 0 Å². The van der Waals surface area contributed by atoms with Gasteiger partial charge in [-0.05, 0) is 43.4 Å². The summed E-state index contributed by atoms with van der Waals surface area (Å²) in [6.45, 7) is 7.64. The van der Waals surface area contributed by atoms with Gasteiger partial charge in [-0.15, -0.1) is 0 Å². The predicted molar refractivity (Wildman–Crippen MR) is 96.6 cm³/mol. The molecule has 130 valence electrons. The summed E-state index contributed by atoms with van der Waals surface area (Å²) in [7, 11) is 0. The number of fused-ring (bicyclic) bond motifs is 1. The molecule has 0 unspecified atom stereocenters. The average molecular weight is 328 g/mol. The van der Waals surface area contributed by atoms with E-state index in [1.807, 2.05) is 6.07 Å². The van der Waals surface area contributed by atoms with Crippen LogP contribution in [0.3, 0.4) is 0 Å². The summed E-state index contributed by atoms with van der Waals surface area (Å²) in [6.07, 6.45) is 7.60. The van der Waals surface area contributed by atoms with E-state index in [9.17, 15) is 9.90 Å². The Balaban J connectivity index is 2.08. The molecule has 4 nitrogen and oxygen atoms in total. The second-order valence-electron chi connectivity index (χ2n) is 7.80. The van der Waals surface area contributed by atoms with Gasteiger partial charge in [0.05, 0.1) is 16.6 Å². The third-order valence-corrected chi connectivity index (χ3v) is 5.65. The molecule has 1 heterocycles. The van der Waals surface area contributed by atoms with Gasteiger partial charge in [0.25, 0.3) is 0 Å². The van der Waals surface area contributed by atoms with Gasteiger partial charge in [0.1, 0.15) is 5.82 Å². The average Bonchev–Trinajstić information content (AvgIpc) is 2.94. The number of rotatable bonds is 5. The molecule has 1 aliphatic rings. The number of carboxylic acid groups (broad SMARTS) is 1. The molecule has 1 aromatic carbocycles. The Labute approximate surface area is 143 Å². The minimum atomic E-state index is -0.893. The van der Waals surface area contributed by atoms with Crippen LogP contribution in [0.15, 0.2) is 18.2 Å². The monoisotopic (exact) mass is 328 g/mol. The van der Waals surface area contributed by atoms with Gasteiger partial charge in [0.15, 0.2) is 0 Å². The van der Waals surface area contributed by atoms with Crippen LogP contribution >= 0.6 is 0 Å². The first-order valence-electron chi connectivity index (χ1n) is 9.16. The Morgan fingerprint density at radius 3 is 2.62 bits per heavy atom. The molecule has 0 bridgehead atoms. The van der Waals surface area contributed by atoms with Crippen LogP contribution in [0, 0.1) is 5.92 Å². The van der Waals surface area contributed by atoms with E-state index in [0.29, 0.717) is 11.5 Å². The summed E-state index contributed by atoms with van der Waals surface area (Å²) < 4.78 is 2.36. The van der Waals surface area contributed by atoms with Crippen LogP contribution in [-0.4, -0.2) is 20.6 Å². The van der Waals surface area contributed by atoms with Crippen LogP contribution in [0.4, 0.5) is 0 Å². The molecule has 1 fully saturated rings. The molecule has 0 spiro atoms. The van der Waals surface area contributed by atoms with Crippen molar-refractivity contribution in [1.82, 2.24) is 9.55 Å². The maximum Gasteiger partial charge on any atom is 0.335 e. The van der Waals surface area contributed by atoms with Crippen molar-refractivity contribution in [3.05, 3.63) is 29.6 Å². The zero-order valence-electron chi connectivity index (χ0n) is 15.0. The number of carbonyl (C=O) groups is 1. The molecule has 1 aliphatic carbocycles. The summed E-state index contributed by atoms with van der Waals surface area (Å²) in [4.78, 5) is 16.1. The Bertz CT molecular complexity index is 739. The van der Waals surface area contributed by atoms with E-state index in [-0.39, 0.29) is 5.41 Å². The Morgan fingerprint density at radius 2 is 2.00 bits per heavy atom. The van der Waals surface area contributed by atoms with E-state index in [1.54, 1.807) is 12.1 Å². The third-order valence-electron chi connectivity index (χ3n) is 5.65. The van der Waals surface area contributed by atoms with Gasteiger partial charge in [0, 0.05) is 12.0 Å². The summed E-state index contributed by atoms with van der Waals surface area (Å²) in [5, 5.41) is 9.25. The molecule has 2 aromatic rings. The van der Waals surface area contributed by atoms with E-state index in [0.717, 1.165) is 29.8 Å². The van der Waals surface area contributed by atoms with E-state index in [4.69, 9.17) is 4.98 Å². The second-order valence-corrected chi connectivity index (χ2v) is 7.80.